The minimum Gasteiger partial charge on any atom is -0.496 e. The lowest BCUT2D eigenvalue weighted by Crippen LogP contribution is -1.98. The summed E-state index contributed by atoms with van der Waals surface area (Å²) in [7, 11) is 1.48. The second-order valence-corrected chi connectivity index (χ2v) is 4.28. The highest BCUT2D eigenvalue weighted by atomic mass is 19.1. The van der Waals surface area contributed by atoms with Gasteiger partial charge >= 0.3 is 0 Å². The Morgan fingerprint density at radius 3 is 2.72 bits per heavy atom. The highest BCUT2D eigenvalue weighted by Crippen LogP contribution is 2.38. The van der Waals surface area contributed by atoms with Crippen LogP contribution in [-0.2, 0) is 0 Å². The number of nitrogens with two attached hydrogens (primary N) is 1. The van der Waals surface area contributed by atoms with Crippen molar-refractivity contribution in [1.82, 2.24) is 5.16 Å². The van der Waals surface area contributed by atoms with Gasteiger partial charge in [-0.25, -0.2) is 4.39 Å². The zero-order valence-corrected chi connectivity index (χ0v) is 10.5. The molecule has 0 fully saturated rings. The van der Waals surface area contributed by atoms with E-state index in [2.05, 4.69) is 5.16 Å². The van der Waals surface area contributed by atoms with Gasteiger partial charge in [0.1, 0.15) is 17.3 Å². The molecule has 1 heterocycles. The molecule has 2 N–H and O–H groups in total. The molecule has 0 saturated heterocycles. The van der Waals surface area contributed by atoms with E-state index in [9.17, 15) is 4.39 Å². The molecule has 1 aromatic heterocycles. The molecular weight excluding hydrogens is 235 g/mol. The van der Waals surface area contributed by atoms with Crippen LogP contribution < -0.4 is 10.5 Å². The van der Waals surface area contributed by atoms with Crippen molar-refractivity contribution in [2.45, 2.75) is 19.8 Å². The lowest BCUT2D eigenvalue weighted by molar-refractivity contribution is 0.410. The van der Waals surface area contributed by atoms with E-state index in [4.69, 9.17) is 15.0 Å². The minimum absolute atomic E-state index is 0.0792. The van der Waals surface area contributed by atoms with Gasteiger partial charge in [-0.15, -0.1) is 0 Å². The first-order valence-electron chi connectivity index (χ1n) is 5.64. The zero-order chi connectivity index (χ0) is 13.3. The van der Waals surface area contributed by atoms with Gasteiger partial charge < -0.3 is 15.0 Å². The molecule has 0 spiro atoms. The van der Waals surface area contributed by atoms with Gasteiger partial charge in [-0.1, -0.05) is 25.1 Å². The number of halogens is 1. The van der Waals surface area contributed by atoms with Crippen molar-refractivity contribution in [2.24, 2.45) is 0 Å². The van der Waals surface area contributed by atoms with E-state index >= 15 is 0 Å². The Balaban J connectivity index is 2.69. The van der Waals surface area contributed by atoms with Crippen LogP contribution in [0.3, 0.4) is 0 Å². The summed E-state index contributed by atoms with van der Waals surface area (Å²) in [5, 5.41) is 3.86. The molecule has 0 bridgehead atoms. The molecule has 96 valence electrons. The second-order valence-electron chi connectivity index (χ2n) is 4.28. The van der Waals surface area contributed by atoms with E-state index < -0.39 is 5.82 Å². The first kappa shape index (κ1) is 12.4. The van der Waals surface area contributed by atoms with Gasteiger partial charge in [-0.05, 0) is 18.1 Å². The van der Waals surface area contributed by atoms with Gasteiger partial charge in [0.15, 0.2) is 0 Å². The quantitative estimate of drug-likeness (QED) is 0.908. The number of anilines is 1. The van der Waals surface area contributed by atoms with Crippen molar-refractivity contribution in [1.29, 1.82) is 0 Å². The summed E-state index contributed by atoms with van der Waals surface area (Å²) in [6.45, 7) is 3.89. The third kappa shape index (κ3) is 1.92. The van der Waals surface area contributed by atoms with Crippen molar-refractivity contribution in [3.05, 3.63) is 29.6 Å². The molecule has 0 aliphatic carbocycles. The van der Waals surface area contributed by atoms with E-state index in [1.54, 1.807) is 12.1 Å². The summed E-state index contributed by atoms with van der Waals surface area (Å²) in [4.78, 5) is 0. The number of methoxy groups -OCH3 is 1. The summed E-state index contributed by atoms with van der Waals surface area (Å²) in [5.74, 6) is 0.288. The van der Waals surface area contributed by atoms with Crippen LogP contribution >= 0.6 is 0 Å². The topological polar surface area (TPSA) is 61.3 Å². The summed E-state index contributed by atoms with van der Waals surface area (Å²) in [5.41, 5.74) is 7.10. The van der Waals surface area contributed by atoms with Gasteiger partial charge in [-0.3, -0.25) is 0 Å². The number of nitrogen functional groups attached to an aromatic ring is 1. The van der Waals surface area contributed by atoms with Crippen molar-refractivity contribution >= 4 is 5.88 Å². The fraction of sp³-hybridized carbons (Fsp3) is 0.308. The highest BCUT2D eigenvalue weighted by Gasteiger charge is 2.23. The summed E-state index contributed by atoms with van der Waals surface area (Å²) in [6, 6.07) is 4.61. The number of ether oxygens (including phenoxy) is 1. The van der Waals surface area contributed by atoms with Crippen LogP contribution in [0.4, 0.5) is 10.3 Å². The fourth-order valence-electron chi connectivity index (χ4n) is 1.95. The molecule has 0 aliphatic rings. The molecule has 18 heavy (non-hydrogen) atoms. The molecule has 0 unspecified atom stereocenters. The largest absolute Gasteiger partial charge is 0.496 e. The predicted molar refractivity (Wildman–Crippen MR) is 67.0 cm³/mol. The maximum absolute atomic E-state index is 14.0. The van der Waals surface area contributed by atoms with Gasteiger partial charge in [0.05, 0.1) is 12.7 Å². The molecule has 2 rings (SSSR count). The Morgan fingerprint density at radius 1 is 1.39 bits per heavy atom. The van der Waals surface area contributed by atoms with Crippen LogP contribution in [0.15, 0.2) is 22.7 Å². The number of benzene rings is 1. The van der Waals surface area contributed by atoms with Gasteiger partial charge in [0.2, 0.25) is 5.88 Å². The zero-order valence-electron chi connectivity index (χ0n) is 10.5. The lowest BCUT2D eigenvalue weighted by Gasteiger charge is -2.10. The number of nitrogens with zero attached hydrogens (tertiary/aromatic N) is 1. The van der Waals surface area contributed by atoms with E-state index in [1.807, 2.05) is 13.8 Å². The van der Waals surface area contributed by atoms with E-state index in [0.717, 1.165) is 0 Å². The number of aromatic nitrogens is 1. The third-order valence-electron chi connectivity index (χ3n) is 2.77. The van der Waals surface area contributed by atoms with Crippen molar-refractivity contribution in [3.8, 4) is 17.0 Å². The van der Waals surface area contributed by atoms with Gasteiger partial charge in [0.25, 0.3) is 0 Å². The smallest absolute Gasteiger partial charge is 0.226 e. The van der Waals surface area contributed by atoms with Crippen molar-refractivity contribution < 1.29 is 13.7 Å². The third-order valence-corrected chi connectivity index (χ3v) is 2.77. The van der Waals surface area contributed by atoms with Gasteiger partial charge in [0, 0.05) is 5.56 Å². The van der Waals surface area contributed by atoms with Crippen LogP contribution in [0, 0.1) is 5.82 Å². The molecule has 0 atom stereocenters. The van der Waals surface area contributed by atoms with Crippen LogP contribution in [0.1, 0.15) is 25.3 Å². The molecule has 1 aromatic carbocycles. The average molecular weight is 250 g/mol. The molecular formula is C13H15FN2O2. The maximum Gasteiger partial charge on any atom is 0.226 e. The second kappa shape index (κ2) is 4.68. The van der Waals surface area contributed by atoms with E-state index in [-0.39, 0.29) is 17.4 Å². The minimum atomic E-state index is -0.412. The monoisotopic (exact) mass is 250 g/mol. The van der Waals surface area contributed by atoms with Crippen molar-refractivity contribution in [3.63, 3.8) is 0 Å². The Bertz CT molecular complexity index is 564. The molecule has 0 radical (unpaired) electrons. The van der Waals surface area contributed by atoms with Crippen LogP contribution in [0.2, 0.25) is 0 Å². The van der Waals surface area contributed by atoms with Crippen LogP contribution in [-0.4, -0.2) is 12.3 Å². The number of rotatable bonds is 3. The predicted octanol–water partition coefficient (Wildman–Crippen LogP) is 3.19. The molecule has 0 aliphatic heterocycles. The summed E-state index contributed by atoms with van der Waals surface area (Å²) < 4.78 is 24.1. The Morgan fingerprint density at radius 2 is 2.11 bits per heavy atom. The molecule has 4 nitrogen and oxygen atoms in total. The first-order valence-corrected chi connectivity index (χ1v) is 5.64. The molecule has 5 heteroatoms. The van der Waals surface area contributed by atoms with Crippen LogP contribution in [0.5, 0.6) is 5.75 Å². The van der Waals surface area contributed by atoms with E-state index in [1.165, 1.54) is 13.2 Å². The molecule has 0 amide bonds. The Hall–Kier alpha value is -2.04. The average Bonchev–Trinajstić information content (AvgIpc) is 2.70. The molecule has 0 saturated carbocycles. The summed E-state index contributed by atoms with van der Waals surface area (Å²) >= 11 is 0. The van der Waals surface area contributed by atoms with E-state index in [0.29, 0.717) is 17.0 Å². The normalized spacial score (nSPS) is 10.9. The highest BCUT2D eigenvalue weighted by molar-refractivity contribution is 5.73. The van der Waals surface area contributed by atoms with Crippen molar-refractivity contribution in [2.75, 3.05) is 12.8 Å². The molecule has 2 aromatic rings. The number of hydrogen-bond acceptors (Lipinski definition) is 4. The first-order chi connectivity index (χ1) is 8.56. The van der Waals surface area contributed by atoms with Crippen LogP contribution in [0.25, 0.3) is 11.3 Å². The maximum atomic E-state index is 14.0. The summed E-state index contributed by atoms with van der Waals surface area (Å²) in [6.07, 6.45) is 0. The standard InChI is InChI=1S/C13H15FN2O2/c1-7(2)10-12(16-18-13(10)15)11-8(14)5-4-6-9(11)17-3/h4-7H,15H2,1-3H3. The fourth-order valence-corrected chi connectivity index (χ4v) is 1.95. The van der Waals surface area contributed by atoms with Gasteiger partial charge in [-0.2, -0.15) is 0 Å². The number of hydrogen-bond donors (Lipinski definition) is 1. The lowest BCUT2D eigenvalue weighted by atomic mass is 9.98. The SMILES string of the molecule is COc1cccc(F)c1-c1noc(N)c1C(C)C. The Labute approximate surface area is 105 Å². The Kier molecular flexibility index (Phi) is 3.23.